The average molecular weight is 258 g/mol. The van der Waals surface area contributed by atoms with Crippen molar-refractivity contribution in [1.29, 1.82) is 0 Å². The van der Waals surface area contributed by atoms with Crippen LogP contribution in [0.4, 0.5) is 5.69 Å². The summed E-state index contributed by atoms with van der Waals surface area (Å²) in [6.45, 7) is 0.751. The van der Waals surface area contributed by atoms with Crippen molar-refractivity contribution in [1.82, 2.24) is 0 Å². The van der Waals surface area contributed by atoms with Crippen LogP contribution < -0.4 is 5.32 Å². The smallest absolute Gasteiger partial charge is 0.0637 e. The summed E-state index contributed by atoms with van der Waals surface area (Å²) >= 11 is 13.5. The lowest BCUT2D eigenvalue weighted by Gasteiger charge is -2.05. The lowest BCUT2D eigenvalue weighted by atomic mass is 10.3. The van der Waals surface area contributed by atoms with Crippen LogP contribution in [-0.4, -0.2) is 0 Å². The zero-order chi connectivity index (χ0) is 10.7. The number of hydrogen-bond donors (Lipinski definition) is 1. The molecule has 0 amide bonds. The van der Waals surface area contributed by atoms with Crippen molar-refractivity contribution in [3.63, 3.8) is 0 Å². The highest BCUT2D eigenvalue weighted by atomic mass is 35.5. The molecule has 2 aromatic rings. The fraction of sp³-hybridized carbons (Fsp3) is 0.0909. The molecule has 0 spiro atoms. The van der Waals surface area contributed by atoms with E-state index in [0.29, 0.717) is 0 Å². The summed E-state index contributed by atoms with van der Waals surface area (Å²) < 4.78 is 0. The highest BCUT2D eigenvalue weighted by Crippen LogP contribution is 2.23. The Morgan fingerprint density at radius 3 is 2.67 bits per heavy atom. The van der Waals surface area contributed by atoms with Gasteiger partial charge in [0, 0.05) is 16.8 Å². The van der Waals surface area contributed by atoms with Gasteiger partial charge in [0.1, 0.15) is 0 Å². The van der Waals surface area contributed by atoms with Gasteiger partial charge < -0.3 is 5.32 Å². The fourth-order valence-corrected chi connectivity index (χ4v) is 2.45. The summed E-state index contributed by atoms with van der Waals surface area (Å²) in [5.41, 5.74) is 0.948. The molecule has 1 aromatic carbocycles. The first-order valence-electron chi connectivity index (χ1n) is 4.47. The molecule has 0 fully saturated rings. The molecule has 15 heavy (non-hydrogen) atoms. The summed E-state index contributed by atoms with van der Waals surface area (Å²) in [6.07, 6.45) is 0. The Labute approximate surface area is 103 Å². The van der Waals surface area contributed by atoms with Gasteiger partial charge in [-0.3, -0.25) is 0 Å². The van der Waals surface area contributed by atoms with Crippen LogP contribution in [-0.2, 0) is 6.54 Å². The zero-order valence-corrected chi connectivity index (χ0v) is 10.2. The van der Waals surface area contributed by atoms with Gasteiger partial charge in [0.05, 0.1) is 15.7 Å². The van der Waals surface area contributed by atoms with Gasteiger partial charge in [-0.2, -0.15) is 0 Å². The van der Waals surface area contributed by atoms with E-state index in [-0.39, 0.29) is 0 Å². The van der Waals surface area contributed by atoms with E-state index in [0.717, 1.165) is 22.3 Å². The second-order valence-corrected chi connectivity index (χ2v) is 4.90. The number of rotatable bonds is 3. The quantitative estimate of drug-likeness (QED) is 0.843. The predicted octanol–water partition coefficient (Wildman–Crippen LogP) is 4.67. The molecule has 1 N–H and O–H groups in total. The van der Waals surface area contributed by atoms with E-state index < -0.39 is 0 Å². The largest absolute Gasteiger partial charge is 0.379 e. The molecular weight excluding hydrogens is 249 g/mol. The highest BCUT2D eigenvalue weighted by molar-refractivity contribution is 7.10. The van der Waals surface area contributed by atoms with Gasteiger partial charge in [-0.1, -0.05) is 35.3 Å². The van der Waals surface area contributed by atoms with Crippen LogP contribution in [0.25, 0.3) is 0 Å². The van der Waals surface area contributed by atoms with Crippen LogP contribution in [0.15, 0.2) is 35.7 Å². The Bertz CT molecular complexity index is 453. The van der Waals surface area contributed by atoms with E-state index >= 15 is 0 Å². The summed E-state index contributed by atoms with van der Waals surface area (Å²) in [4.78, 5) is 1.19. The molecule has 0 aliphatic carbocycles. The van der Waals surface area contributed by atoms with Gasteiger partial charge >= 0.3 is 0 Å². The Morgan fingerprint density at radius 1 is 1.20 bits per heavy atom. The molecule has 0 unspecified atom stereocenters. The predicted molar refractivity (Wildman–Crippen MR) is 68.1 cm³/mol. The fourth-order valence-electron chi connectivity index (χ4n) is 1.23. The van der Waals surface area contributed by atoms with Gasteiger partial charge in [0.25, 0.3) is 0 Å². The Balaban J connectivity index is 2.02. The molecule has 78 valence electrons. The first kappa shape index (κ1) is 10.8. The van der Waals surface area contributed by atoms with Crippen molar-refractivity contribution in [2.45, 2.75) is 6.54 Å². The van der Waals surface area contributed by atoms with E-state index in [9.17, 15) is 0 Å². The van der Waals surface area contributed by atoms with Crippen LogP contribution >= 0.6 is 34.5 Å². The molecule has 0 radical (unpaired) electrons. The monoisotopic (exact) mass is 257 g/mol. The van der Waals surface area contributed by atoms with E-state index in [2.05, 4.69) is 5.32 Å². The van der Waals surface area contributed by atoms with Crippen LogP contribution in [0.5, 0.6) is 0 Å². The Hall–Kier alpha value is -0.700. The summed E-state index contributed by atoms with van der Waals surface area (Å²) in [5, 5.41) is 6.71. The van der Waals surface area contributed by atoms with Crippen LogP contribution in [0.1, 0.15) is 4.88 Å². The van der Waals surface area contributed by atoms with Gasteiger partial charge in [0.2, 0.25) is 0 Å². The molecule has 0 saturated carbocycles. The third-order valence-corrected chi connectivity index (χ3v) is 3.56. The van der Waals surface area contributed by atoms with E-state index in [1.165, 1.54) is 4.88 Å². The van der Waals surface area contributed by atoms with Gasteiger partial charge in [0.15, 0.2) is 0 Å². The number of benzene rings is 1. The van der Waals surface area contributed by atoms with Crippen molar-refractivity contribution in [2.75, 3.05) is 5.32 Å². The third kappa shape index (κ3) is 2.88. The molecule has 4 heteroatoms. The normalized spacial score (nSPS) is 10.3. The zero-order valence-electron chi connectivity index (χ0n) is 7.84. The third-order valence-electron chi connectivity index (χ3n) is 1.95. The summed E-state index contributed by atoms with van der Waals surface area (Å²) in [7, 11) is 0. The maximum Gasteiger partial charge on any atom is 0.0637 e. The maximum atomic E-state index is 6.01. The van der Waals surface area contributed by atoms with Gasteiger partial charge in [-0.25, -0.2) is 0 Å². The summed E-state index contributed by atoms with van der Waals surface area (Å²) in [5.74, 6) is 0. The van der Waals surface area contributed by atoms with E-state index in [1.807, 2.05) is 35.7 Å². The van der Waals surface area contributed by atoms with Gasteiger partial charge in [-0.05, 0) is 18.2 Å². The number of nitrogens with one attached hydrogen (secondary N) is 1. The number of halogens is 2. The molecule has 1 nitrogen and oxygen atoms in total. The highest BCUT2D eigenvalue weighted by Gasteiger charge is 2.00. The minimum absolute atomic E-state index is 0.736. The average Bonchev–Trinajstić information content (AvgIpc) is 2.63. The minimum atomic E-state index is 0.736. The lowest BCUT2D eigenvalue weighted by molar-refractivity contribution is 1.19. The molecule has 0 atom stereocenters. The number of para-hydroxylation sites is 1. The van der Waals surface area contributed by atoms with Gasteiger partial charge in [-0.15, -0.1) is 11.3 Å². The lowest BCUT2D eigenvalue weighted by Crippen LogP contribution is -1.97. The first-order chi connectivity index (χ1) is 7.25. The molecular formula is C11H9Cl2NS. The Kier molecular flexibility index (Phi) is 3.52. The second-order valence-electron chi connectivity index (χ2n) is 3.06. The van der Waals surface area contributed by atoms with E-state index in [4.69, 9.17) is 23.2 Å². The topological polar surface area (TPSA) is 12.0 Å². The summed E-state index contributed by atoms with van der Waals surface area (Å²) in [6, 6.07) is 9.64. The van der Waals surface area contributed by atoms with Crippen molar-refractivity contribution >= 4 is 40.2 Å². The first-order valence-corrected chi connectivity index (χ1v) is 6.10. The number of thiophene rings is 1. The molecule has 0 aliphatic heterocycles. The van der Waals surface area contributed by atoms with E-state index in [1.54, 1.807) is 11.3 Å². The van der Waals surface area contributed by atoms with Crippen LogP contribution in [0.2, 0.25) is 10.0 Å². The molecule has 0 saturated heterocycles. The Morgan fingerprint density at radius 2 is 2.00 bits per heavy atom. The molecule has 1 aromatic heterocycles. The van der Waals surface area contributed by atoms with Crippen molar-refractivity contribution in [2.24, 2.45) is 0 Å². The molecule has 2 rings (SSSR count). The number of hydrogen-bond acceptors (Lipinski definition) is 2. The van der Waals surface area contributed by atoms with Crippen molar-refractivity contribution in [3.05, 3.63) is 50.6 Å². The molecule has 0 bridgehead atoms. The van der Waals surface area contributed by atoms with Crippen molar-refractivity contribution < 1.29 is 0 Å². The van der Waals surface area contributed by atoms with Crippen molar-refractivity contribution in [3.8, 4) is 0 Å². The number of anilines is 1. The SMILES string of the molecule is Clc1csc(CNc2ccccc2Cl)c1. The second kappa shape index (κ2) is 4.88. The molecule has 0 aliphatic rings. The van der Waals surface area contributed by atoms with Crippen LogP contribution in [0.3, 0.4) is 0 Å². The minimum Gasteiger partial charge on any atom is -0.379 e. The maximum absolute atomic E-state index is 6.01. The van der Waals surface area contributed by atoms with Crippen LogP contribution in [0, 0.1) is 0 Å². The standard InChI is InChI=1S/C11H9Cl2NS/c12-8-5-9(15-7-8)6-14-11-4-2-1-3-10(11)13/h1-5,7,14H,6H2. The molecule has 1 heterocycles.